The van der Waals surface area contributed by atoms with Crippen molar-refractivity contribution in [2.75, 3.05) is 36.3 Å². The van der Waals surface area contributed by atoms with Gasteiger partial charge in [-0.15, -0.1) is 0 Å². The summed E-state index contributed by atoms with van der Waals surface area (Å²) in [5, 5.41) is 3.27. The average molecular weight is 465 g/mol. The van der Waals surface area contributed by atoms with Gasteiger partial charge >= 0.3 is 0 Å². The molecule has 4 rings (SSSR count). The fourth-order valence-corrected chi connectivity index (χ4v) is 5.05. The highest BCUT2D eigenvalue weighted by atomic mass is 32.2. The van der Waals surface area contributed by atoms with Crippen molar-refractivity contribution in [1.29, 1.82) is 0 Å². The van der Waals surface area contributed by atoms with Gasteiger partial charge in [0.15, 0.2) is 0 Å². The Bertz CT molecular complexity index is 1280. The van der Waals surface area contributed by atoms with Crippen molar-refractivity contribution >= 4 is 38.7 Å². The lowest BCUT2D eigenvalue weighted by Gasteiger charge is -2.40. The van der Waals surface area contributed by atoms with Gasteiger partial charge in [0.05, 0.1) is 17.1 Å². The van der Waals surface area contributed by atoms with E-state index in [9.17, 15) is 13.2 Å². The monoisotopic (exact) mass is 464 g/mol. The standard InChI is InChI=1S/C25H28N4O3S/c1-18-25(30)28(4)22-15-14-20(16-23(22)29(18)17-19-10-6-5-7-11-19)26-21-12-8-9-13-24(21)33(31,32)27(2)3/h5-16,18,26H,17H2,1-4H3/t18-/m1/s1. The Hall–Kier alpha value is -3.36. The van der Waals surface area contributed by atoms with Gasteiger partial charge < -0.3 is 15.1 Å². The number of carbonyl (C=O) groups excluding carboxylic acids is 1. The largest absolute Gasteiger partial charge is 0.354 e. The normalized spacial score (nSPS) is 16.2. The zero-order valence-corrected chi connectivity index (χ0v) is 20.0. The molecule has 0 aliphatic carbocycles. The van der Waals surface area contributed by atoms with E-state index < -0.39 is 10.0 Å². The van der Waals surface area contributed by atoms with E-state index in [0.717, 1.165) is 22.6 Å². The van der Waals surface area contributed by atoms with Crippen LogP contribution in [0.4, 0.5) is 22.7 Å². The minimum atomic E-state index is -3.61. The van der Waals surface area contributed by atoms with Gasteiger partial charge in [-0.2, -0.15) is 0 Å². The van der Waals surface area contributed by atoms with Crippen LogP contribution in [0.3, 0.4) is 0 Å². The molecule has 0 spiro atoms. The topological polar surface area (TPSA) is 73.0 Å². The van der Waals surface area contributed by atoms with E-state index in [4.69, 9.17) is 0 Å². The van der Waals surface area contributed by atoms with Crippen LogP contribution in [0.25, 0.3) is 0 Å². The first-order valence-electron chi connectivity index (χ1n) is 10.7. The Morgan fingerprint density at radius 1 is 0.939 bits per heavy atom. The van der Waals surface area contributed by atoms with E-state index in [2.05, 4.69) is 10.2 Å². The first kappa shape index (κ1) is 22.8. The van der Waals surface area contributed by atoms with Crippen molar-refractivity contribution in [2.45, 2.75) is 24.4 Å². The van der Waals surface area contributed by atoms with Gasteiger partial charge in [0.25, 0.3) is 0 Å². The third-order valence-electron chi connectivity index (χ3n) is 5.92. The van der Waals surface area contributed by atoms with Gasteiger partial charge in [-0.05, 0) is 42.8 Å². The van der Waals surface area contributed by atoms with Crippen LogP contribution in [-0.4, -0.2) is 45.8 Å². The smallest absolute Gasteiger partial charge is 0.249 e. The lowest BCUT2D eigenvalue weighted by molar-refractivity contribution is -0.119. The number of fused-ring (bicyclic) bond motifs is 1. The third-order valence-corrected chi connectivity index (χ3v) is 7.80. The summed E-state index contributed by atoms with van der Waals surface area (Å²) in [5.74, 6) is 0.0292. The molecular weight excluding hydrogens is 436 g/mol. The summed E-state index contributed by atoms with van der Waals surface area (Å²) in [6.07, 6.45) is 0. The van der Waals surface area contributed by atoms with Gasteiger partial charge in [0.1, 0.15) is 10.9 Å². The number of hydrogen-bond acceptors (Lipinski definition) is 5. The predicted molar refractivity (Wildman–Crippen MR) is 133 cm³/mol. The van der Waals surface area contributed by atoms with E-state index in [1.54, 1.807) is 36.2 Å². The van der Waals surface area contributed by atoms with Crippen molar-refractivity contribution < 1.29 is 13.2 Å². The summed E-state index contributed by atoms with van der Waals surface area (Å²) < 4.78 is 26.8. The molecule has 172 valence electrons. The molecule has 3 aromatic carbocycles. The van der Waals surface area contributed by atoms with Crippen LogP contribution in [0.5, 0.6) is 0 Å². The van der Waals surface area contributed by atoms with Crippen molar-refractivity contribution in [3.63, 3.8) is 0 Å². The summed E-state index contributed by atoms with van der Waals surface area (Å²) in [6.45, 7) is 2.49. The highest BCUT2D eigenvalue weighted by molar-refractivity contribution is 7.89. The zero-order valence-electron chi connectivity index (χ0n) is 19.2. The molecule has 1 heterocycles. The molecule has 1 amide bonds. The van der Waals surface area contributed by atoms with E-state index in [1.807, 2.05) is 55.5 Å². The van der Waals surface area contributed by atoms with E-state index in [-0.39, 0.29) is 16.8 Å². The highest BCUT2D eigenvalue weighted by Gasteiger charge is 2.33. The minimum Gasteiger partial charge on any atom is -0.354 e. The van der Waals surface area contributed by atoms with Crippen molar-refractivity contribution in [2.24, 2.45) is 0 Å². The quantitative estimate of drug-likeness (QED) is 0.596. The summed E-state index contributed by atoms with van der Waals surface area (Å²) in [5.41, 5.74) is 4.06. The molecule has 7 nitrogen and oxygen atoms in total. The molecule has 33 heavy (non-hydrogen) atoms. The van der Waals surface area contributed by atoms with E-state index in [0.29, 0.717) is 12.2 Å². The summed E-state index contributed by atoms with van der Waals surface area (Å²) >= 11 is 0. The van der Waals surface area contributed by atoms with E-state index in [1.165, 1.54) is 18.4 Å². The molecule has 0 saturated heterocycles. The van der Waals surface area contributed by atoms with Crippen molar-refractivity contribution in [3.8, 4) is 0 Å². The number of sulfonamides is 1. The summed E-state index contributed by atoms with van der Waals surface area (Å²) in [7, 11) is 1.20. The fraction of sp³-hybridized carbons (Fsp3) is 0.240. The number of likely N-dealkylation sites (N-methyl/N-ethyl adjacent to an activating group) is 1. The fourth-order valence-electron chi connectivity index (χ4n) is 4.01. The van der Waals surface area contributed by atoms with Crippen molar-refractivity contribution in [1.82, 2.24) is 4.31 Å². The van der Waals surface area contributed by atoms with Gasteiger partial charge in [-0.3, -0.25) is 4.79 Å². The maximum atomic E-state index is 12.9. The van der Waals surface area contributed by atoms with Crippen LogP contribution in [0.15, 0.2) is 77.7 Å². The molecule has 3 aromatic rings. The molecule has 0 fully saturated rings. The summed E-state index contributed by atoms with van der Waals surface area (Å²) in [4.78, 5) is 16.8. The molecule has 0 bridgehead atoms. The first-order chi connectivity index (χ1) is 15.7. The minimum absolute atomic E-state index is 0.0292. The number of anilines is 4. The Morgan fingerprint density at radius 3 is 2.30 bits per heavy atom. The zero-order chi connectivity index (χ0) is 23.8. The second-order valence-electron chi connectivity index (χ2n) is 8.30. The van der Waals surface area contributed by atoms with Crippen molar-refractivity contribution in [3.05, 3.63) is 78.4 Å². The Balaban J connectivity index is 1.74. The Labute approximate surface area is 195 Å². The molecule has 0 aromatic heterocycles. The maximum absolute atomic E-state index is 12.9. The number of carbonyl (C=O) groups is 1. The first-order valence-corrected chi connectivity index (χ1v) is 12.1. The predicted octanol–water partition coefficient (Wildman–Crippen LogP) is 4.05. The summed E-state index contributed by atoms with van der Waals surface area (Å²) in [6, 6.07) is 22.2. The molecule has 1 atom stereocenters. The molecular formula is C25H28N4O3S. The number of para-hydroxylation sites is 1. The second kappa shape index (κ2) is 8.88. The van der Waals surface area contributed by atoms with Gasteiger partial charge in [0, 0.05) is 33.4 Å². The maximum Gasteiger partial charge on any atom is 0.249 e. The molecule has 8 heteroatoms. The van der Waals surface area contributed by atoms with Crippen LogP contribution in [0.2, 0.25) is 0 Å². The van der Waals surface area contributed by atoms with Crippen LogP contribution in [0, 0.1) is 0 Å². The highest BCUT2D eigenvalue weighted by Crippen LogP contribution is 2.39. The molecule has 0 radical (unpaired) electrons. The number of amides is 1. The van der Waals surface area contributed by atoms with E-state index >= 15 is 0 Å². The number of rotatable bonds is 6. The average Bonchev–Trinajstić information content (AvgIpc) is 2.81. The van der Waals surface area contributed by atoms with Gasteiger partial charge in [-0.1, -0.05) is 42.5 Å². The number of benzene rings is 3. The van der Waals surface area contributed by atoms with Gasteiger partial charge in [0.2, 0.25) is 15.9 Å². The molecule has 1 aliphatic rings. The number of nitrogens with zero attached hydrogens (tertiary/aromatic N) is 3. The Morgan fingerprint density at radius 2 is 1.61 bits per heavy atom. The number of hydrogen-bond donors (Lipinski definition) is 1. The lowest BCUT2D eigenvalue weighted by Crippen LogP contribution is -2.50. The molecule has 0 unspecified atom stereocenters. The van der Waals surface area contributed by atoms with Crippen LogP contribution >= 0.6 is 0 Å². The Kier molecular flexibility index (Phi) is 6.14. The molecule has 1 N–H and O–H groups in total. The third kappa shape index (κ3) is 4.31. The molecule has 0 saturated carbocycles. The van der Waals surface area contributed by atoms with Crippen LogP contribution in [0.1, 0.15) is 12.5 Å². The van der Waals surface area contributed by atoms with Gasteiger partial charge in [-0.25, -0.2) is 12.7 Å². The SMILES string of the molecule is C[C@@H]1C(=O)N(C)c2ccc(Nc3ccccc3S(=O)(=O)N(C)C)cc2N1Cc1ccccc1. The second-order valence-corrected chi connectivity index (χ2v) is 10.4. The lowest BCUT2D eigenvalue weighted by atomic mass is 10.0. The number of nitrogens with one attached hydrogen (secondary N) is 1. The van der Waals surface area contributed by atoms with Crippen LogP contribution < -0.4 is 15.1 Å². The van der Waals surface area contributed by atoms with Crippen LogP contribution in [-0.2, 0) is 21.4 Å². The molecule has 1 aliphatic heterocycles.